The van der Waals surface area contributed by atoms with E-state index in [9.17, 15) is 14.9 Å². The van der Waals surface area contributed by atoms with Crippen molar-refractivity contribution < 1.29 is 9.72 Å². The number of benzene rings is 2. The highest BCUT2D eigenvalue weighted by Gasteiger charge is 2.11. The molecule has 1 N–H and O–H groups in total. The smallest absolute Gasteiger partial charge is 0.270 e. The third kappa shape index (κ3) is 3.96. The minimum Gasteiger partial charge on any atom is -0.298 e. The lowest BCUT2D eigenvalue weighted by Gasteiger charge is -2.00. The van der Waals surface area contributed by atoms with Crippen molar-refractivity contribution in [1.82, 2.24) is 4.98 Å². The molecule has 0 spiro atoms. The number of nitro groups is 1. The summed E-state index contributed by atoms with van der Waals surface area (Å²) >= 11 is 13.2. The number of nitrogens with zero attached hydrogens (tertiary/aromatic N) is 2. The highest BCUT2D eigenvalue weighted by molar-refractivity contribution is 7.22. The first-order chi connectivity index (χ1) is 11.9. The van der Waals surface area contributed by atoms with Gasteiger partial charge in [0.15, 0.2) is 5.13 Å². The Hall–Kier alpha value is -2.48. The van der Waals surface area contributed by atoms with Crippen LogP contribution in [-0.4, -0.2) is 15.8 Å². The Balaban J connectivity index is 1.78. The van der Waals surface area contributed by atoms with E-state index in [1.54, 1.807) is 24.3 Å². The van der Waals surface area contributed by atoms with Crippen LogP contribution >= 0.6 is 34.5 Å². The second-order valence-electron chi connectivity index (χ2n) is 4.89. The first-order valence-corrected chi connectivity index (χ1v) is 8.49. The first kappa shape index (κ1) is 17.3. The average Bonchev–Trinajstić information content (AvgIpc) is 2.95. The molecular formula is C16H9Cl2N3O3S. The van der Waals surface area contributed by atoms with Gasteiger partial charge in [0.2, 0.25) is 5.91 Å². The summed E-state index contributed by atoms with van der Waals surface area (Å²) in [6.07, 6.45) is 2.81. The van der Waals surface area contributed by atoms with E-state index in [1.807, 2.05) is 0 Å². The number of nitro benzene ring substituents is 1. The van der Waals surface area contributed by atoms with E-state index in [2.05, 4.69) is 10.3 Å². The molecule has 0 atom stereocenters. The lowest BCUT2D eigenvalue weighted by Crippen LogP contribution is -2.07. The highest BCUT2D eigenvalue weighted by atomic mass is 35.5. The number of amides is 1. The fourth-order valence-electron chi connectivity index (χ4n) is 2.06. The van der Waals surface area contributed by atoms with Crippen molar-refractivity contribution in [2.24, 2.45) is 0 Å². The number of anilines is 1. The summed E-state index contributed by atoms with van der Waals surface area (Å²) in [6, 6.07) is 9.38. The third-order valence-corrected chi connectivity index (χ3v) is 4.81. The standard InChI is InChI=1S/C16H9Cl2N3O3S/c17-11-2-1-3-12(18)10(11)5-7-15(22)20-16-19-13-6-4-9(21(23)24)8-14(13)25-16/h1-8H,(H,19,20,22)/b7-5+. The monoisotopic (exact) mass is 393 g/mol. The highest BCUT2D eigenvalue weighted by Crippen LogP contribution is 2.29. The number of rotatable bonds is 4. The summed E-state index contributed by atoms with van der Waals surface area (Å²) in [5, 5.41) is 14.6. The minimum absolute atomic E-state index is 0.0257. The predicted octanol–water partition coefficient (Wildman–Crippen LogP) is 5.16. The van der Waals surface area contributed by atoms with Gasteiger partial charge in [0.05, 0.1) is 15.1 Å². The fraction of sp³-hybridized carbons (Fsp3) is 0. The Labute approximate surface area is 155 Å². The zero-order valence-corrected chi connectivity index (χ0v) is 14.7. The third-order valence-electron chi connectivity index (χ3n) is 3.21. The molecule has 0 bridgehead atoms. The van der Waals surface area contributed by atoms with E-state index in [4.69, 9.17) is 23.2 Å². The van der Waals surface area contributed by atoms with E-state index in [1.165, 1.54) is 24.3 Å². The van der Waals surface area contributed by atoms with Gasteiger partial charge in [0, 0.05) is 33.8 Å². The molecule has 9 heteroatoms. The molecule has 0 aliphatic carbocycles. The minimum atomic E-state index is -0.479. The van der Waals surface area contributed by atoms with Crippen LogP contribution in [0.15, 0.2) is 42.5 Å². The number of hydrogen-bond acceptors (Lipinski definition) is 5. The number of aromatic nitrogens is 1. The van der Waals surface area contributed by atoms with Crippen molar-refractivity contribution in [1.29, 1.82) is 0 Å². The summed E-state index contributed by atoms with van der Waals surface area (Å²) in [7, 11) is 0. The largest absolute Gasteiger partial charge is 0.298 e. The van der Waals surface area contributed by atoms with E-state index < -0.39 is 10.8 Å². The Bertz CT molecular complexity index is 997. The van der Waals surface area contributed by atoms with Gasteiger partial charge in [0.1, 0.15) is 0 Å². The first-order valence-electron chi connectivity index (χ1n) is 6.92. The van der Waals surface area contributed by atoms with Crippen molar-refractivity contribution in [3.8, 4) is 0 Å². The van der Waals surface area contributed by atoms with Crippen molar-refractivity contribution in [3.63, 3.8) is 0 Å². The predicted molar refractivity (Wildman–Crippen MR) is 100 cm³/mol. The Morgan fingerprint density at radius 2 is 1.96 bits per heavy atom. The molecule has 0 radical (unpaired) electrons. The van der Waals surface area contributed by atoms with Crippen molar-refractivity contribution in [2.75, 3.05) is 5.32 Å². The molecule has 0 saturated carbocycles. The van der Waals surface area contributed by atoms with Gasteiger partial charge in [-0.2, -0.15) is 0 Å². The van der Waals surface area contributed by atoms with Crippen LogP contribution in [-0.2, 0) is 4.79 Å². The fourth-order valence-corrected chi connectivity index (χ4v) is 3.48. The van der Waals surface area contributed by atoms with Crippen LogP contribution in [0.5, 0.6) is 0 Å². The molecule has 0 saturated heterocycles. The number of carbonyl (C=O) groups is 1. The van der Waals surface area contributed by atoms with Crippen LogP contribution < -0.4 is 5.32 Å². The number of halogens is 2. The van der Waals surface area contributed by atoms with Crippen LogP contribution in [0.1, 0.15) is 5.56 Å². The quantitative estimate of drug-likeness (QED) is 0.376. The van der Waals surface area contributed by atoms with E-state index in [0.717, 1.165) is 11.3 Å². The Morgan fingerprint density at radius 3 is 2.64 bits per heavy atom. The zero-order chi connectivity index (χ0) is 18.0. The molecule has 0 aliphatic heterocycles. The number of non-ortho nitro benzene ring substituents is 1. The van der Waals surface area contributed by atoms with Gasteiger partial charge in [0.25, 0.3) is 5.69 Å². The summed E-state index contributed by atoms with van der Waals surface area (Å²) in [5.74, 6) is -0.412. The zero-order valence-electron chi connectivity index (χ0n) is 12.4. The number of carbonyl (C=O) groups excluding carboxylic acids is 1. The molecule has 0 fully saturated rings. The number of hydrogen-bond donors (Lipinski definition) is 1. The Morgan fingerprint density at radius 1 is 1.24 bits per heavy atom. The molecule has 0 aliphatic rings. The molecule has 2 aromatic carbocycles. The summed E-state index contributed by atoms with van der Waals surface area (Å²) in [4.78, 5) is 26.6. The molecule has 6 nitrogen and oxygen atoms in total. The van der Waals surface area contributed by atoms with Crippen LogP contribution in [0, 0.1) is 10.1 Å². The van der Waals surface area contributed by atoms with Crippen molar-refractivity contribution >= 4 is 67.6 Å². The van der Waals surface area contributed by atoms with E-state index in [0.29, 0.717) is 31.0 Å². The van der Waals surface area contributed by atoms with Gasteiger partial charge in [-0.3, -0.25) is 20.2 Å². The second kappa shape index (κ2) is 7.18. The van der Waals surface area contributed by atoms with Crippen LogP contribution in [0.2, 0.25) is 10.0 Å². The average molecular weight is 394 g/mol. The van der Waals surface area contributed by atoms with Crippen molar-refractivity contribution in [3.05, 3.63) is 68.2 Å². The van der Waals surface area contributed by atoms with Gasteiger partial charge >= 0.3 is 0 Å². The molecule has 3 aromatic rings. The summed E-state index contributed by atoms with van der Waals surface area (Å²) in [5.41, 5.74) is 1.09. The topological polar surface area (TPSA) is 85.1 Å². The summed E-state index contributed by atoms with van der Waals surface area (Å²) < 4.78 is 0.614. The molecule has 3 rings (SSSR count). The van der Waals surface area contributed by atoms with Crippen LogP contribution in [0.25, 0.3) is 16.3 Å². The molecule has 1 amide bonds. The number of fused-ring (bicyclic) bond motifs is 1. The number of nitrogens with one attached hydrogen (secondary N) is 1. The van der Waals surface area contributed by atoms with Gasteiger partial charge in [-0.05, 0) is 24.3 Å². The maximum absolute atomic E-state index is 12.0. The maximum Gasteiger partial charge on any atom is 0.270 e. The number of thiazole rings is 1. The van der Waals surface area contributed by atoms with Gasteiger partial charge < -0.3 is 0 Å². The Kier molecular flexibility index (Phi) is 4.98. The molecule has 25 heavy (non-hydrogen) atoms. The van der Waals surface area contributed by atoms with Crippen molar-refractivity contribution in [2.45, 2.75) is 0 Å². The molecule has 0 unspecified atom stereocenters. The normalized spacial score (nSPS) is 11.1. The lowest BCUT2D eigenvalue weighted by atomic mass is 10.2. The molecule has 126 valence electrons. The maximum atomic E-state index is 12.0. The summed E-state index contributed by atoms with van der Waals surface area (Å²) in [6.45, 7) is 0. The van der Waals surface area contributed by atoms with Crippen LogP contribution in [0.3, 0.4) is 0 Å². The molecular weight excluding hydrogens is 385 g/mol. The SMILES string of the molecule is O=C(/C=C/c1c(Cl)cccc1Cl)Nc1nc2ccc([N+](=O)[O-])cc2s1. The van der Waals surface area contributed by atoms with Gasteiger partial charge in [-0.25, -0.2) is 4.98 Å². The second-order valence-corrected chi connectivity index (χ2v) is 6.73. The van der Waals surface area contributed by atoms with Gasteiger partial charge in [-0.1, -0.05) is 40.6 Å². The van der Waals surface area contributed by atoms with Crippen LogP contribution in [0.4, 0.5) is 10.8 Å². The molecule has 1 aromatic heterocycles. The van der Waals surface area contributed by atoms with E-state index in [-0.39, 0.29) is 5.69 Å². The lowest BCUT2D eigenvalue weighted by molar-refractivity contribution is -0.384. The van der Waals surface area contributed by atoms with E-state index >= 15 is 0 Å². The van der Waals surface area contributed by atoms with Gasteiger partial charge in [-0.15, -0.1) is 0 Å². The molecule has 1 heterocycles.